The fourth-order valence-electron chi connectivity index (χ4n) is 2.45. The Balaban J connectivity index is 1.87. The third-order valence-corrected chi connectivity index (χ3v) is 3.69. The van der Waals surface area contributed by atoms with Gasteiger partial charge in [0.25, 0.3) is 0 Å². The molecule has 0 fully saturated rings. The Morgan fingerprint density at radius 2 is 1.95 bits per heavy atom. The summed E-state index contributed by atoms with van der Waals surface area (Å²) in [5.74, 6) is -1.75. The second-order valence-corrected chi connectivity index (χ2v) is 5.46. The van der Waals surface area contributed by atoms with Gasteiger partial charge in [0.1, 0.15) is 5.92 Å². The van der Waals surface area contributed by atoms with Crippen LogP contribution >= 0.6 is 0 Å². The molecule has 0 aliphatic heterocycles. The van der Waals surface area contributed by atoms with Crippen LogP contribution in [0.5, 0.6) is 0 Å². The molecule has 1 aromatic carbocycles. The molecule has 2 atom stereocenters. The van der Waals surface area contributed by atoms with Gasteiger partial charge in [0.2, 0.25) is 0 Å². The number of rotatable bonds is 5. The van der Waals surface area contributed by atoms with Gasteiger partial charge in [-0.1, -0.05) is 54.6 Å². The van der Waals surface area contributed by atoms with Crippen LogP contribution in [0.2, 0.25) is 0 Å². The van der Waals surface area contributed by atoms with E-state index < -0.39 is 17.4 Å². The number of hydrogen-bond acceptors (Lipinski definition) is 2. The molecule has 116 valence electrons. The summed E-state index contributed by atoms with van der Waals surface area (Å²) in [6.45, 7) is 2.19. The zero-order chi connectivity index (χ0) is 16.0. The SMILES string of the molecule is CC1(NC(=O)NCCc2ccccc2)C=CC=CC1C(=O)O. The first-order valence-electron chi connectivity index (χ1n) is 7.20. The zero-order valence-electron chi connectivity index (χ0n) is 12.5. The Morgan fingerprint density at radius 3 is 2.64 bits per heavy atom. The van der Waals surface area contributed by atoms with Gasteiger partial charge in [0, 0.05) is 6.54 Å². The molecular weight excluding hydrogens is 280 g/mol. The molecular formula is C17H20N2O3. The van der Waals surface area contributed by atoms with Crippen molar-refractivity contribution in [3.63, 3.8) is 0 Å². The van der Waals surface area contributed by atoms with Gasteiger partial charge in [-0.25, -0.2) is 4.79 Å². The van der Waals surface area contributed by atoms with Crippen LogP contribution in [0.4, 0.5) is 4.79 Å². The molecule has 0 aromatic heterocycles. The summed E-state index contributed by atoms with van der Waals surface area (Å²) in [6, 6.07) is 9.47. The standard InChI is InChI=1S/C17H20N2O3/c1-17(11-6-5-9-14(17)15(20)21)19-16(22)18-12-10-13-7-3-2-4-8-13/h2-9,11,14H,10,12H2,1H3,(H,20,21)(H2,18,19,22). The Kier molecular flexibility index (Phi) is 4.99. The Hall–Kier alpha value is -2.56. The molecule has 0 radical (unpaired) electrons. The molecule has 2 rings (SSSR count). The lowest BCUT2D eigenvalue weighted by Gasteiger charge is -2.33. The summed E-state index contributed by atoms with van der Waals surface area (Å²) in [4.78, 5) is 23.3. The lowest BCUT2D eigenvalue weighted by atomic mass is 9.82. The van der Waals surface area contributed by atoms with E-state index in [0.29, 0.717) is 6.54 Å². The van der Waals surface area contributed by atoms with Crippen molar-refractivity contribution in [2.45, 2.75) is 18.9 Å². The Labute approximate surface area is 129 Å². The fraction of sp³-hybridized carbons (Fsp3) is 0.294. The number of allylic oxidation sites excluding steroid dienone is 2. The van der Waals surface area contributed by atoms with Gasteiger partial charge in [-0.3, -0.25) is 4.79 Å². The molecule has 1 aliphatic rings. The first-order chi connectivity index (χ1) is 10.5. The van der Waals surface area contributed by atoms with Crippen LogP contribution in [0.1, 0.15) is 12.5 Å². The van der Waals surface area contributed by atoms with E-state index in [1.165, 1.54) is 0 Å². The minimum absolute atomic E-state index is 0.371. The van der Waals surface area contributed by atoms with Crippen molar-refractivity contribution in [2.75, 3.05) is 6.54 Å². The van der Waals surface area contributed by atoms with Crippen molar-refractivity contribution in [1.29, 1.82) is 0 Å². The normalized spacial score (nSPS) is 23.0. The molecule has 5 heteroatoms. The van der Waals surface area contributed by atoms with E-state index in [1.54, 1.807) is 31.2 Å². The molecule has 1 aromatic rings. The summed E-state index contributed by atoms with van der Waals surface area (Å²) in [7, 11) is 0. The van der Waals surface area contributed by atoms with Crippen molar-refractivity contribution in [2.24, 2.45) is 5.92 Å². The first kappa shape index (κ1) is 15.8. The summed E-state index contributed by atoms with van der Waals surface area (Å²) in [5.41, 5.74) is 0.204. The minimum atomic E-state index is -0.965. The maximum atomic E-state index is 12.0. The Bertz CT molecular complexity index is 595. The number of carbonyl (C=O) groups is 2. The average molecular weight is 300 g/mol. The molecule has 0 saturated heterocycles. The molecule has 1 aliphatic carbocycles. The van der Waals surface area contributed by atoms with Crippen LogP contribution in [0, 0.1) is 5.92 Å². The molecule has 0 saturated carbocycles. The van der Waals surface area contributed by atoms with Crippen molar-refractivity contribution in [3.05, 3.63) is 60.2 Å². The van der Waals surface area contributed by atoms with Gasteiger partial charge in [0.15, 0.2) is 0 Å². The summed E-state index contributed by atoms with van der Waals surface area (Å²) >= 11 is 0. The third-order valence-electron chi connectivity index (χ3n) is 3.69. The van der Waals surface area contributed by atoms with Gasteiger partial charge in [0.05, 0.1) is 5.54 Å². The highest BCUT2D eigenvalue weighted by atomic mass is 16.4. The van der Waals surface area contributed by atoms with Gasteiger partial charge in [-0.2, -0.15) is 0 Å². The quantitative estimate of drug-likeness (QED) is 0.779. The maximum Gasteiger partial charge on any atom is 0.315 e. The summed E-state index contributed by atoms with van der Waals surface area (Å²) in [6.07, 6.45) is 7.41. The van der Waals surface area contributed by atoms with Gasteiger partial charge in [-0.05, 0) is 18.9 Å². The van der Waals surface area contributed by atoms with E-state index in [2.05, 4.69) is 10.6 Å². The highest BCUT2D eigenvalue weighted by Crippen LogP contribution is 2.24. The van der Waals surface area contributed by atoms with E-state index in [-0.39, 0.29) is 6.03 Å². The number of amides is 2. The van der Waals surface area contributed by atoms with Gasteiger partial charge in [-0.15, -0.1) is 0 Å². The second-order valence-electron chi connectivity index (χ2n) is 5.46. The van der Waals surface area contributed by atoms with Crippen molar-refractivity contribution in [1.82, 2.24) is 10.6 Å². The lowest BCUT2D eigenvalue weighted by molar-refractivity contribution is -0.141. The molecule has 0 bridgehead atoms. The van der Waals surface area contributed by atoms with E-state index >= 15 is 0 Å². The lowest BCUT2D eigenvalue weighted by Crippen LogP contribution is -2.55. The monoisotopic (exact) mass is 300 g/mol. The van der Waals surface area contributed by atoms with Crippen LogP contribution in [0.3, 0.4) is 0 Å². The van der Waals surface area contributed by atoms with Gasteiger partial charge >= 0.3 is 12.0 Å². The third kappa shape index (κ3) is 3.97. The number of carboxylic acid groups (broad SMARTS) is 1. The number of urea groups is 1. The smallest absolute Gasteiger partial charge is 0.315 e. The average Bonchev–Trinajstić information content (AvgIpc) is 2.48. The Morgan fingerprint density at radius 1 is 1.23 bits per heavy atom. The van der Waals surface area contributed by atoms with Crippen molar-refractivity contribution in [3.8, 4) is 0 Å². The number of benzene rings is 1. The number of carboxylic acids is 1. The van der Waals surface area contributed by atoms with Crippen LogP contribution in [-0.2, 0) is 11.2 Å². The molecule has 0 spiro atoms. The van der Waals surface area contributed by atoms with Crippen LogP contribution in [-0.4, -0.2) is 29.2 Å². The fourth-order valence-corrected chi connectivity index (χ4v) is 2.45. The van der Waals surface area contributed by atoms with Crippen LogP contribution < -0.4 is 10.6 Å². The number of carbonyl (C=O) groups excluding carboxylic acids is 1. The maximum absolute atomic E-state index is 12.0. The summed E-state index contributed by atoms with van der Waals surface area (Å²) < 4.78 is 0. The number of aliphatic carboxylic acids is 1. The molecule has 3 N–H and O–H groups in total. The number of nitrogens with one attached hydrogen (secondary N) is 2. The largest absolute Gasteiger partial charge is 0.481 e. The summed E-state index contributed by atoms with van der Waals surface area (Å²) in [5, 5.41) is 14.8. The molecule has 2 amide bonds. The number of hydrogen-bond donors (Lipinski definition) is 3. The van der Waals surface area contributed by atoms with Crippen molar-refractivity contribution >= 4 is 12.0 Å². The highest BCUT2D eigenvalue weighted by molar-refractivity contribution is 5.80. The topological polar surface area (TPSA) is 78.4 Å². The molecule has 0 heterocycles. The van der Waals surface area contributed by atoms with E-state index in [4.69, 9.17) is 0 Å². The minimum Gasteiger partial charge on any atom is -0.481 e. The molecule has 2 unspecified atom stereocenters. The van der Waals surface area contributed by atoms with Gasteiger partial charge < -0.3 is 15.7 Å². The zero-order valence-corrected chi connectivity index (χ0v) is 12.5. The van der Waals surface area contributed by atoms with Crippen LogP contribution in [0.15, 0.2) is 54.6 Å². The second kappa shape index (κ2) is 6.93. The van der Waals surface area contributed by atoms with Crippen molar-refractivity contribution < 1.29 is 14.7 Å². The predicted molar refractivity (Wildman–Crippen MR) is 84.5 cm³/mol. The van der Waals surface area contributed by atoms with E-state index in [0.717, 1.165) is 12.0 Å². The highest BCUT2D eigenvalue weighted by Gasteiger charge is 2.37. The predicted octanol–water partition coefficient (Wildman–Crippen LogP) is 2.11. The molecule has 22 heavy (non-hydrogen) atoms. The van der Waals surface area contributed by atoms with Crippen LogP contribution in [0.25, 0.3) is 0 Å². The van der Waals surface area contributed by atoms with E-state index in [9.17, 15) is 14.7 Å². The molecule has 5 nitrogen and oxygen atoms in total. The first-order valence-corrected chi connectivity index (χ1v) is 7.20. The van der Waals surface area contributed by atoms with E-state index in [1.807, 2.05) is 30.3 Å².